The maximum absolute atomic E-state index is 13.0. The highest BCUT2D eigenvalue weighted by Crippen LogP contribution is 2.22. The molecule has 0 unspecified atom stereocenters. The molecule has 35 heavy (non-hydrogen) atoms. The maximum atomic E-state index is 13.0. The van der Waals surface area contributed by atoms with Gasteiger partial charge in [-0.3, -0.25) is 9.69 Å². The van der Waals surface area contributed by atoms with Gasteiger partial charge in [0.1, 0.15) is 5.75 Å². The van der Waals surface area contributed by atoms with Crippen molar-refractivity contribution in [3.8, 4) is 5.75 Å². The van der Waals surface area contributed by atoms with Crippen LogP contribution >= 0.6 is 0 Å². The van der Waals surface area contributed by atoms with E-state index in [1.54, 1.807) is 0 Å². The fourth-order valence-electron chi connectivity index (χ4n) is 4.12. The normalized spacial score (nSPS) is 11.9. The van der Waals surface area contributed by atoms with Gasteiger partial charge in [0.05, 0.1) is 18.7 Å². The molecule has 2 aromatic carbocycles. The van der Waals surface area contributed by atoms with Crippen LogP contribution in [0.3, 0.4) is 0 Å². The molecule has 0 bridgehead atoms. The number of hydrogen-bond donors (Lipinski definition) is 1. The SMILES string of the molecule is CCOc1ccc2[nH]c(=O)c(CN(CCc3ccccc3)Cc3nnnn3C(C)(C)CC)cc2c1. The standard InChI is InChI=1S/C27H34N6O2/c1-5-27(3,4)33-25(29-30-31-33)19-32(15-14-20-10-8-7-9-11-20)18-22-16-21-17-23(35-6-2)12-13-24(21)28-26(22)34/h7-13,16-17H,5-6,14-15,18-19H2,1-4H3,(H,28,34). The zero-order valence-electron chi connectivity index (χ0n) is 21.0. The molecule has 0 atom stereocenters. The molecule has 2 heterocycles. The van der Waals surface area contributed by atoms with E-state index in [0.717, 1.165) is 41.9 Å². The molecule has 4 rings (SSSR count). The number of nitrogens with zero attached hydrogens (tertiary/aromatic N) is 5. The Balaban J connectivity index is 1.63. The minimum absolute atomic E-state index is 0.0835. The number of pyridine rings is 1. The van der Waals surface area contributed by atoms with Crippen molar-refractivity contribution in [2.24, 2.45) is 0 Å². The third-order valence-corrected chi connectivity index (χ3v) is 6.49. The zero-order valence-corrected chi connectivity index (χ0v) is 21.0. The minimum Gasteiger partial charge on any atom is -0.494 e. The lowest BCUT2D eigenvalue weighted by atomic mass is 10.0. The third kappa shape index (κ3) is 5.95. The molecule has 8 nitrogen and oxygen atoms in total. The quantitative estimate of drug-likeness (QED) is 0.349. The Morgan fingerprint density at radius 2 is 1.86 bits per heavy atom. The van der Waals surface area contributed by atoms with Crippen LogP contribution in [-0.2, 0) is 25.0 Å². The molecule has 1 N–H and O–H groups in total. The van der Waals surface area contributed by atoms with Gasteiger partial charge in [-0.2, -0.15) is 0 Å². The molecule has 0 saturated heterocycles. The summed E-state index contributed by atoms with van der Waals surface area (Å²) in [6, 6.07) is 18.1. The first-order chi connectivity index (χ1) is 16.9. The van der Waals surface area contributed by atoms with Crippen LogP contribution in [-0.4, -0.2) is 43.2 Å². The van der Waals surface area contributed by atoms with Crippen LogP contribution in [0.25, 0.3) is 10.9 Å². The number of H-pyrrole nitrogens is 1. The highest BCUT2D eigenvalue weighted by molar-refractivity contribution is 5.80. The first-order valence-corrected chi connectivity index (χ1v) is 12.2. The lowest BCUT2D eigenvalue weighted by Crippen LogP contribution is -2.33. The Morgan fingerprint density at radius 1 is 1.06 bits per heavy atom. The number of nitrogens with one attached hydrogen (secondary N) is 1. The number of hydrogen-bond acceptors (Lipinski definition) is 6. The van der Waals surface area contributed by atoms with Crippen molar-refractivity contribution < 1.29 is 4.74 Å². The van der Waals surface area contributed by atoms with E-state index >= 15 is 0 Å². The fraction of sp³-hybridized carbons (Fsp3) is 0.407. The van der Waals surface area contributed by atoms with Crippen LogP contribution < -0.4 is 10.3 Å². The van der Waals surface area contributed by atoms with Crippen LogP contribution in [0.2, 0.25) is 0 Å². The average molecular weight is 475 g/mol. The predicted octanol–water partition coefficient (Wildman–Crippen LogP) is 4.30. The van der Waals surface area contributed by atoms with Gasteiger partial charge in [-0.15, -0.1) is 5.10 Å². The summed E-state index contributed by atoms with van der Waals surface area (Å²) in [7, 11) is 0. The van der Waals surface area contributed by atoms with Crippen molar-refractivity contribution in [2.75, 3.05) is 13.2 Å². The van der Waals surface area contributed by atoms with Gasteiger partial charge in [0, 0.05) is 29.6 Å². The summed E-state index contributed by atoms with van der Waals surface area (Å²) in [5.74, 6) is 1.58. The lowest BCUT2D eigenvalue weighted by molar-refractivity contribution is 0.225. The van der Waals surface area contributed by atoms with Gasteiger partial charge in [-0.1, -0.05) is 37.3 Å². The number of ether oxygens (including phenoxy) is 1. The molecule has 0 aliphatic carbocycles. The molecule has 0 aliphatic rings. The molecule has 0 amide bonds. The second-order valence-corrected chi connectivity index (χ2v) is 9.42. The zero-order chi connectivity index (χ0) is 24.8. The van der Waals surface area contributed by atoms with Crippen molar-refractivity contribution in [3.63, 3.8) is 0 Å². The average Bonchev–Trinajstić information content (AvgIpc) is 3.33. The second-order valence-electron chi connectivity index (χ2n) is 9.42. The van der Waals surface area contributed by atoms with Crippen LogP contribution in [0.1, 0.15) is 51.1 Å². The molecule has 4 aromatic rings. The summed E-state index contributed by atoms with van der Waals surface area (Å²) >= 11 is 0. The van der Waals surface area contributed by atoms with E-state index in [1.807, 2.05) is 54.1 Å². The predicted molar refractivity (Wildman–Crippen MR) is 137 cm³/mol. The van der Waals surface area contributed by atoms with E-state index in [-0.39, 0.29) is 11.1 Å². The Bertz CT molecular complexity index is 1310. The third-order valence-electron chi connectivity index (χ3n) is 6.49. The highest BCUT2D eigenvalue weighted by Gasteiger charge is 2.24. The molecule has 2 aromatic heterocycles. The smallest absolute Gasteiger partial charge is 0.252 e. The summed E-state index contributed by atoms with van der Waals surface area (Å²) in [5.41, 5.74) is 2.47. The van der Waals surface area contributed by atoms with E-state index in [4.69, 9.17) is 4.74 Å². The van der Waals surface area contributed by atoms with Crippen molar-refractivity contribution in [1.29, 1.82) is 0 Å². The number of rotatable bonds is 11. The Kier molecular flexibility index (Phi) is 7.60. The van der Waals surface area contributed by atoms with E-state index < -0.39 is 0 Å². The van der Waals surface area contributed by atoms with Crippen molar-refractivity contribution in [1.82, 2.24) is 30.1 Å². The summed E-state index contributed by atoms with van der Waals surface area (Å²) < 4.78 is 7.56. The highest BCUT2D eigenvalue weighted by atomic mass is 16.5. The number of aromatic amines is 1. The number of fused-ring (bicyclic) bond motifs is 1. The van der Waals surface area contributed by atoms with Gasteiger partial charge < -0.3 is 9.72 Å². The van der Waals surface area contributed by atoms with Crippen molar-refractivity contribution in [2.45, 2.75) is 59.2 Å². The van der Waals surface area contributed by atoms with E-state index in [2.05, 4.69) is 58.3 Å². The Labute approximate surface area is 205 Å². The summed E-state index contributed by atoms with van der Waals surface area (Å²) in [6.07, 6.45) is 1.76. The number of tetrazole rings is 1. The van der Waals surface area contributed by atoms with Gasteiger partial charge in [-0.05, 0) is 73.9 Å². The monoisotopic (exact) mass is 474 g/mol. The van der Waals surface area contributed by atoms with E-state index in [0.29, 0.717) is 25.3 Å². The maximum Gasteiger partial charge on any atom is 0.252 e. The summed E-state index contributed by atoms with van der Waals surface area (Å²) in [4.78, 5) is 18.2. The van der Waals surface area contributed by atoms with Gasteiger partial charge in [0.25, 0.3) is 5.56 Å². The molecule has 8 heteroatoms. The van der Waals surface area contributed by atoms with Crippen molar-refractivity contribution >= 4 is 10.9 Å². The summed E-state index contributed by atoms with van der Waals surface area (Å²) in [5, 5.41) is 13.5. The van der Waals surface area contributed by atoms with Gasteiger partial charge in [-0.25, -0.2) is 4.68 Å². The number of aromatic nitrogens is 5. The van der Waals surface area contributed by atoms with Crippen molar-refractivity contribution in [3.05, 3.63) is 81.9 Å². The Hall–Kier alpha value is -3.52. The molecular weight excluding hydrogens is 440 g/mol. The van der Waals surface area contributed by atoms with Crippen LogP contribution in [0.5, 0.6) is 5.75 Å². The second kappa shape index (κ2) is 10.8. The van der Waals surface area contributed by atoms with Crippen LogP contribution in [0, 0.1) is 0 Å². The van der Waals surface area contributed by atoms with E-state index in [9.17, 15) is 4.79 Å². The molecule has 0 spiro atoms. The first kappa shape index (κ1) is 24.6. The fourth-order valence-corrected chi connectivity index (χ4v) is 4.12. The minimum atomic E-state index is -0.194. The largest absolute Gasteiger partial charge is 0.494 e. The van der Waals surface area contributed by atoms with Gasteiger partial charge in [0.2, 0.25) is 0 Å². The molecule has 184 valence electrons. The lowest BCUT2D eigenvalue weighted by Gasteiger charge is -2.27. The first-order valence-electron chi connectivity index (χ1n) is 12.2. The molecular formula is C27H34N6O2. The molecule has 0 saturated carbocycles. The van der Waals surface area contributed by atoms with E-state index in [1.165, 1.54) is 5.56 Å². The topological polar surface area (TPSA) is 88.9 Å². The number of benzene rings is 2. The Morgan fingerprint density at radius 3 is 2.60 bits per heavy atom. The van der Waals surface area contributed by atoms with Gasteiger partial charge >= 0.3 is 0 Å². The summed E-state index contributed by atoms with van der Waals surface area (Å²) in [6.45, 7) is 10.7. The molecule has 0 aliphatic heterocycles. The molecule has 0 radical (unpaired) electrons. The molecule has 0 fully saturated rings. The van der Waals surface area contributed by atoms with Crippen LogP contribution in [0.4, 0.5) is 0 Å². The van der Waals surface area contributed by atoms with Crippen LogP contribution in [0.15, 0.2) is 59.4 Å². The van der Waals surface area contributed by atoms with Gasteiger partial charge in [0.15, 0.2) is 5.82 Å².